The molecule has 0 saturated heterocycles. The van der Waals surface area contributed by atoms with E-state index in [0.717, 1.165) is 19.3 Å². The zero-order chi connectivity index (χ0) is 16.1. The molecule has 0 aliphatic heterocycles. The smallest absolute Gasteiger partial charge is 0.348 e. The third-order valence-corrected chi connectivity index (χ3v) is 4.74. The zero-order valence-electron chi connectivity index (χ0n) is 12.6. The van der Waals surface area contributed by atoms with Gasteiger partial charge in [0.15, 0.2) is 6.61 Å². The number of esters is 2. The maximum atomic E-state index is 12.0. The van der Waals surface area contributed by atoms with Gasteiger partial charge in [0.05, 0.1) is 7.11 Å². The summed E-state index contributed by atoms with van der Waals surface area (Å²) in [7, 11) is 1.23. The van der Waals surface area contributed by atoms with Crippen LogP contribution in [-0.2, 0) is 31.9 Å². The van der Waals surface area contributed by atoms with E-state index in [1.807, 2.05) is 6.07 Å². The topological polar surface area (TPSA) is 81.7 Å². The van der Waals surface area contributed by atoms with E-state index in [1.165, 1.54) is 28.9 Å². The number of hydrogen-bond acceptors (Lipinski definition) is 6. The molecule has 0 aromatic carbocycles. The number of carbonyl (C=O) groups is 3. The molecule has 22 heavy (non-hydrogen) atoms. The van der Waals surface area contributed by atoms with Crippen LogP contribution in [0.25, 0.3) is 0 Å². The number of thiophene rings is 1. The first-order valence-corrected chi connectivity index (χ1v) is 7.93. The van der Waals surface area contributed by atoms with Crippen LogP contribution >= 0.6 is 11.3 Å². The third kappa shape index (κ3) is 4.30. The Morgan fingerprint density at radius 2 is 2.18 bits per heavy atom. The maximum Gasteiger partial charge on any atom is 0.348 e. The van der Waals surface area contributed by atoms with E-state index in [-0.39, 0.29) is 6.54 Å². The van der Waals surface area contributed by atoms with Gasteiger partial charge < -0.3 is 14.8 Å². The molecular formula is C15H19NO5S. The first kappa shape index (κ1) is 16.5. The first-order valence-electron chi connectivity index (χ1n) is 7.11. The van der Waals surface area contributed by atoms with Gasteiger partial charge in [0.2, 0.25) is 0 Å². The van der Waals surface area contributed by atoms with Crippen LogP contribution in [0, 0.1) is 5.92 Å². The minimum absolute atomic E-state index is 0.238. The van der Waals surface area contributed by atoms with Crippen molar-refractivity contribution in [1.29, 1.82) is 0 Å². The fraction of sp³-hybridized carbons (Fsp3) is 0.533. The number of carbonyl (C=O) groups excluding carboxylic acids is 3. The van der Waals surface area contributed by atoms with E-state index >= 15 is 0 Å². The van der Waals surface area contributed by atoms with Crippen LogP contribution in [0.4, 0.5) is 0 Å². The summed E-state index contributed by atoms with van der Waals surface area (Å²) in [5.41, 5.74) is 1.21. The van der Waals surface area contributed by atoms with Gasteiger partial charge in [0, 0.05) is 4.88 Å². The van der Waals surface area contributed by atoms with Gasteiger partial charge in [-0.05, 0) is 36.8 Å². The van der Waals surface area contributed by atoms with Gasteiger partial charge in [0.25, 0.3) is 5.91 Å². The Labute approximate surface area is 132 Å². The molecule has 6 nitrogen and oxygen atoms in total. The van der Waals surface area contributed by atoms with E-state index in [1.54, 1.807) is 0 Å². The summed E-state index contributed by atoms with van der Waals surface area (Å²) in [4.78, 5) is 36.0. The van der Waals surface area contributed by atoms with Crippen molar-refractivity contribution in [2.45, 2.75) is 26.2 Å². The molecule has 2 rings (SSSR count). The van der Waals surface area contributed by atoms with Crippen molar-refractivity contribution in [1.82, 2.24) is 5.32 Å². The molecule has 120 valence electrons. The lowest BCUT2D eigenvalue weighted by Gasteiger charge is -2.16. The normalized spacial score (nSPS) is 16.5. The second kappa shape index (κ2) is 7.40. The minimum atomic E-state index is -0.556. The summed E-state index contributed by atoms with van der Waals surface area (Å²) in [6.07, 6.45) is 3.12. The Kier molecular flexibility index (Phi) is 5.54. The second-order valence-electron chi connectivity index (χ2n) is 5.34. The lowest BCUT2D eigenvalue weighted by atomic mass is 9.90. The molecule has 0 bridgehead atoms. The molecular weight excluding hydrogens is 306 g/mol. The highest BCUT2D eigenvalue weighted by Crippen LogP contribution is 2.32. The summed E-state index contributed by atoms with van der Waals surface area (Å²) in [6.45, 7) is 1.55. The largest absolute Gasteiger partial charge is 0.468 e. The lowest BCUT2D eigenvalue weighted by molar-refractivity contribution is -0.141. The molecule has 1 atom stereocenters. The molecule has 1 aliphatic carbocycles. The number of fused-ring (bicyclic) bond motifs is 1. The molecule has 1 amide bonds. The number of nitrogens with one attached hydrogen (secondary N) is 1. The number of rotatable bonds is 5. The Balaban J connectivity index is 1.83. The highest BCUT2D eigenvalue weighted by Gasteiger charge is 2.21. The van der Waals surface area contributed by atoms with E-state index in [4.69, 9.17) is 4.74 Å². The number of amides is 1. The van der Waals surface area contributed by atoms with Crippen LogP contribution < -0.4 is 5.32 Å². The highest BCUT2D eigenvalue weighted by molar-refractivity contribution is 7.14. The standard InChI is InChI=1S/C15H19NO5S/c1-9-3-4-11-10(5-9)6-12(22-11)15(19)21-8-13(17)16-7-14(18)20-2/h6,9H,3-5,7-8H2,1-2H3,(H,16,17)/t9-/m0/s1. The van der Waals surface area contributed by atoms with Gasteiger partial charge in [-0.15, -0.1) is 11.3 Å². The van der Waals surface area contributed by atoms with Crippen molar-refractivity contribution in [3.63, 3.8) is 0 Å². The van der Waals surface area contributed by atoms with Crippen LogP contribution in [0.5, 0.6) is 0 Å². The van der Waals surface area contributed by atoms with Crippen molar-refractivity contribution < 1.29 is 23.9 Å². The van der Waals surface area contributed by atoms with Gasteiger partial charge in [-0.2, -0.15) is 0 Å². The van der Waals surface area contributed by atoms with Crippen LogP contribution in [0.3, 0.4) is 0 Å². The molecule has 1 aromatic heterocycles. The number of ether oxygens (including phenoxy) is 2. The summed E-state index contributed by atoms with van der Waals surface area (Å²) < 4.78 is 9.36. The van der Waals surface area contributed by atoms with E-state index < -0.39 is 24.5 Å². The van der Waals surface area contributed by atoms with Gasteiger partial charge in [0.1, 0.15) is 11.4 Å². The predicted octanol–water partition coefficient (Wildman–Crippen LogP) is 1.32. The van der Waals surface area contributed by atoms with Gasteiger partial charge >= 0.3 is 11.9 Å². The van der Waals surface area contributed by atoms with Crippen molar-refractivity contribution in [3.05, 3.63) is 21.4 Å². The van der Waals surface area contributed by atoms with Gasteiger partial charge in [-0.1, -0.05) is 6.92 Å². The second-order valence-corrected chi connectivity index (χ2v) is 6.47. The molecule has 1 N–H and O–H groups in total. The molecule has 0 saturated carbocycles. The fourth-order valence-electron chi connectivity index (χ4n) is 2.30. The Hall–Kier alpha value is -1.89. The van der Waals surface area contributed by atoms with Crippen LogP contribution in [0.1, 0.15) is 33.5 Å². The SMILES string of the molecule is COC(=O)CNC(=O)COC(=O)c1cc2c(s1)CC[C@H](C)C2. The summed E-state index contributed by atoms with van der Waals surface area (Å²) in [6, 6.07) is 1.87. The van der Waals surface area contributed by atoms with Crippen molar-refractivity contribution in [2.75, 3.05) is 20.3 Å². The van der Waals surface area contributed by atoms with Crippen molar-refractivity contribution in [3.8, 4) is 0 Å². The van der Waals surface area contributed by atoms with Gasteiger partial charge in [-0.25, -0.2) is 4.79 Å². The molecule has 1 heterocycles. The zero-order valence-corrected chi connectivity index (χ0v) is 13.5. The Morgan fingerprint density at radius 3 is 2.91 bits per heavy atom. The van der Waals surface area contributed by atoms with Crippen LogP contribution in [0.15, 0.2) is 6.07 Å². The first-order chi connectivity index (χ1) is 10.5. The summed E-state index contributed by atoms with van der Waals surface area (Å²) >= 11 is 1.44. The molecule has 0 radical (unpaired) electrons. The van der Waals surface area contributed by atoms with E-state index in [2.05, 4.69) is 17.0 Å². The van der Waals surface area contributed by atoms with Gasteiger partial charge in [-0.3, -0.25) is 9.59 Å². The van der Waals surface area contributed by atoms with Crippen LogP contribution in [0.2, 0.25) is 0 Å². The lowest BCUT2D eigenvalue weighted by Crippen LogP contribution is -2.33. The number of methoxy groups -OCH3 is 1. The Bertz CT molecular complexity index is 580. The number of aryl methyl sites for hydroxylation is 1. The van der Waals surface area contributed by atoms with Crippen molar-refractivity contribution >= 4 is 29.2 Å². The fourth-order valence-corrected chi connectivity index (χ4v) is 3.40. The van der Waals surface area contributed by atoms with Crippen LogP contribution in [-0.4, -0.2) is 38.1 Å². The summed E-state index contributed by atoms with van der Waals surface area (Å²) in [5, 5.41) is 2.31. The minimum Gasteiger partial charge on any atom is -0.468 e. The quantitative estimate of drug-likeness (QED) is 0.826. The average molecular weight is 325 g/mol. The average Bonchev–Trinajstić information content (AvgIpc) is 2.93. The highest BCUT2D eigenvalue weighted by atomic mass is 32.1. The molecule has 1 aromatic rings. The number of hydrogen-bond donors (Lipinski definition) is 1. The third-order valence-electron chi connectivity index (χ3n) is 3.52. The molecule has 7 heteroatoms. The molecule has 1 aliphatic rings. The Morgan fingerprint density at radius 1 is 1.41 bits per heavy atom. The summed E-state index contributed by atoms with van der Waals surface area (Å²) in [5.74, 6) is -0.955. The maximum absolute atomic E-state index is 12.0. The monoisotopic (exact) mass is 325 g/mol. The van der Waals surface area contributed by atoms with E-state index in [9.17, 15) is 14.4 Å². The molecule has 0 unspecified atom stereocenters. The molecule has 0 spiro atoms. The van der Waals surface area contributed by atoms with Crippen molar-refractivity contribution in [2.24, 2.45) is 5.92 Å². The predicted molar refractivity (Wildman–Crippen MR) is 80.8 cm³/mol. The van der Waals surface area contributed by atoms with E-state index in [0.29, 0.717) is 10.8 Å². The molecule has 0 fully saturated rings.